The number of carbonyl (C=O) groups is 1. The number of nitrogens with one attached hydrogen (secondary N) is 1. The second-order valence-electron chi connectivity index (χ2n) is 7.86. The normalized spacial score (nSPS) is 18.7. The van der Waals surface area contributed by atoms with Crippen molar-refractivity contribution in [2.75, 3.05) is 31.1 Å². The summed E-state index contributed by atoms with van der Waals surface area (Å²) in [7, 11) is 1.86. The first-order valence-electron chi connectivity index (χ1n) is 9.62. The summed E-state index contributed by atoms with van der Waals surface area (Å²) in [6.07, 6.45) is 3.36. The van der Waals surface area contributed by atoms with Crippen molar-refractivity contribution in [1.82, 2.24) is 30.0 Å². The van der Waals surface area contributed by atoms with Crippen LogP contribution in [0.4, 0.5) is 5.82 Å². The van der Waals surface area contributed by atoms with Crippen LogP contribution in [0, 0.1) is 17.2 Å². The first-order chi connectivity index (χ1) is 13.3. The van der Waals surface area contributed by atoms with Crippen LogP contribution in [-0.2, 0) is 11.8 Å². The molecule has 0 aromatic carbocycles. The number of nitriles is 1. The van der Waals surface area contributed by atoms with Crippen molar-refractivity contribution in [1.29, 1.82) is 5.26 Å². The molecule has 2 unspecified atom stereocenters. The number of carbonyl (C=O) groups excluding carboxylic acids is 1. The Labute approximate surface area is 165 Å². The number of amides is 1. The third-order valence-corrected chi connectivity index (χ3v) is 5.82. The van der Waals surface area contributed by atoms with Gasteiger partial charge in [-0.25, -0.2) is 9.97 Å². The van der Waals surface area contributed by atoms with Crippen LogP contribution in [0.5, 0.6) is 0 Å². The van der Waals surface area contributed by atoms with E-state index >= 15 is 0 Å². The molecule has 0 bridgehead atoms. The molecule has 1 aliphatic heterocycles. The minimum absolute atomic E-state index is 0.0325. The van der Waals surface area contributed by atoms with Gasteiger partial charge in [-0.3, -0.25) is 14.4 Å². The van der Waals surface area contributed by atoms with E-state index < -0.39 is 5.54 Å². The van der Waals surface area contributed by atoms with Gasteiger partial charge in [0.05, 0.1) is 23.7 Å². The van der Waals surface area contributed by atoms with Crippen LogP contribution in [0.15, 0.2) is 12.5 Å². The fraction of sp³-hybridized carbons (Fsp3) is 0.632. The zero-order chi connectivity index (χ0) is 20.5. The third kappa shape index (κ3) is 3.64. The van der Waals surface area contributed by atoms with Crippen molar-refractivity contribution < 1.29 is 4.79 Å². The van der Waals surface area contributed by atoms with Crippen molar-refractivity contribution in [2.45, 2.75) is 39.3 Å². The maximum Gasteiger partial charge on any atom is 0.238 e. The molecule has 0 radical (unpaired) electrons. The molecule has 28 heavy (non-hydrogen) atoms. The monoisotopic (exact) mass is 384 g/mol. The smallest absolute Gasteiger partial charge is 0.238 e. The molecule has 9 heteroatoms. The van der Waals surface area contributed by atoms with E-state index in [4.69, 9.17) is 0 Å². The first-order valence-corrected chi connectivity index (χ1v) is 9.62. The Morgan fingerprint density at radius 2 is 1.93 bits per heavy atom. The lowest BCUT2D eigenvalue weighted by Crippen LogP contribution is -2.58. The Balaban J connectivity index is 1.65. The molecule has 0 aliphatic carbocycles. The summed E-state index contributed by atoms with van der Waals surface area (Å²) in [5.41, 5.74) is -0.0512. The molecule has 2 aromatic rings. The summed E-state index contributed by atoms with van der Waals surface area (Å²) >= 11 is 0. The Hall–Kier alpha value is -2.73. The summed E-state index contributed by atoms with van der Waals surface area (Å²) in [6.45, 7) is 10.6. The predicted molar refractivity (Wildman–Crippen MR) is 107 cm³/mol. The zero-order valence-corrected chi connectivity index (χ0v) is 17.2. The maximum atomic E-state index is 12.7. The number of hydrogen-bond donors (Lipinski definition) is 1. The molecule has 9 nitrogen and oxygen atoms in total. The standard InChI is InChI=1S/C19H28N8O/c1-13(2)19(4,11-20)24-18(28)14(3)26-6-8-27(9-7-26)17-15-10-23-25(5)16(15)21-12-22-17/h10,12-14H,6-9H2,1-5H3,(H,24,28). The fourth-order valence-corrected chi connectivity index (χ4v) is 3.35. The lowest BCUT2D eigenvalue weighted by atomic mass is 9.89. The Kier molecular flexibility index (Phi) is 5.52. The Morgan fingerprint density at radius 3 is 2.54 bits per heavy atom. The van der Waals surface area contributed by atoms with Crippen LogP contribution in [0.2, 0.25) is 0 Å². The fourth-order valence-electron chi connectivity index (χ4n) is 3.35. The van der Waals surface area contributed by atoms with Gasteiger partial charge in [0, 0.05) is 33.2 Å². The largest absolute Gasteiger partial charge is 0.353 e. The van der Waals surface area contributed by atoms with Crippen molar-refractivity contribution >= 4 is 22.8 Å². The van der Waals surface area contributed by atoms with E-state index in [1.54, 1.807) is 24.1 Å². The highest BCUT2D eigenvalue weighted by atomic mass is 16.2. The van der Waals surface area contributed by atoms with Crippen molar-refractivity contribution in [3.63, 3.8) is 0 Å². The number of hydrogen-bond acceptors (Lipinski definition) is 7. The van der Waals surface area contributed by atoms with Crippen LogP contribution >= 0.6 is 0 Å². The summed E-state index contributed by atoms with van der Waals surface area (Å²) in [5.74, 6) is 0.805. The topological polar surface area (TPSA) is 103 Å². The molecule has 0 saturated carbocycles. The molecular weight excluding hydrogens is 356 g/mol. The number of fused-ring (bicyclic) bond motifs is 1. The van der Waals surface area contributed by atoms with Crippen LogP contribution in [-0.4, -0.2) is 68.3 Å². The van der Waals surface area contributed by atoms with Gasteiger partial charge >= 0.3 is 0 Å². The molecule has 150 valence electrons. The predicted octanol–water partition coefficient (Wildman–Crippen LogP) is 0.928. The summed E-state index contributed by atoms with van der Waals surface area (Å²) < 4.78 is 1.74. The van der Waals surface area contributed by atoms with E-state index in [2.05, 4.69) is 36.3 Å². The number of rotatable bonds is 5. The first kappa shape index (κ1) is 20.0. The van der Waals surface area contributed by atoms with Crippen molar-refractivity contribution in [3.05, 3.63) is 12.5 Å². The SMILES string of the molecule is CC(C(=O)NC(C)(C#N)C(C)C)N1CCN(c2ncnc3c2cnn3C)CC1. The van der Waals surface area contributed by atoms with Crippen molar-refractivity contribution in [2.24, 2.45) is 13.0 Å². The van der Waals surface area contributed by atoms with Gasteiger partial charge in [-0.1, -0.05) is 13.8 Å². The van der Waals surface area contributed by atoms with Gasteiger partial charge in [-0.05, 0) is 19.8 Å². The molecule has 3 heterocycles. The summed E-state index contributed by atoms with van der Waals surface area (Å²) in [5, 5.41) is 17.6. The molecule has 0 spiro atoms. The second kappa shape index (κ2) is 7.72. The molecule has 1 saturated heterocycles. The van der Waals surface area contributed by atoms with Gasteiger partial charge in [-0.15, -0.1) is 0 Å². The average molecular weight is 384 g/mol. The molecule has 2 atom stereocenters. The van der Waals surface area contributed by atoms with Gasteiger partial charge < -0.3 is 10.2 Å². The van der Waals surface area contributed by atoms with Crippen LogP contribution in [0.1, 0.15) is 27.7 Å². The number of aromatic nitrogens is 4. The van der Waals surface area contributed by atoms with Crippen LogP contribution < -0.4 is 10.2 Å². The molecule has 1 aliphatic rings. The Bertz CT molecular complexity index is 893. The van der Waals surface area contributed by atoms with Gasteiger partial charge in [-0.2, -0.15) is 10.4 Å². The highest BCUT2D eigenvalue weighted by molar-refractivity contribution is 5.86. The molecule has 1 amide bonds. The maximum absolute atomic E-state index is 12.7. The van der Waals surface area contributed by atoms with E-state index in [0.717, 1.165) is 43.0 Å². The number of piperazine rings is 1. The minimum Gasteiger partial charge on any atom is -0.353 e. The lowest BCUT2D eigenvalue weighted by Gasteiger charge is -2.39. The second-order valence-corrected chi connectivity index (χ2v) is 7.86. The molecule has 1 fully saturated rings. The van der Waals surface area contributed by atoms with E-state index in [1.165, 1.54) is 0 Å². The Morgan fingerprint density at radius 1 is 1.25 bits per heavy atom. The molecular formula is C19H28N8O. The van der Waals surface area contributed by atoms with Crippen molar-refractivity contribution in [3.8, 4) is 6.07 Å². The van der Waals surface area contributed by atoms with Gasteiger partial charge in [0.15, 0.2) is 5.65 Å². The lowest BCUT2D eigenvalue weighted by molar-refractivity contribution is -0.127. The summed E-state index contributed by atoms with van der Waals surface area (Å²) in [4.78, 5) is 25.8. The quantitative estimate of drug-likeness (QED) is 0.818. The number of aryl methyl sites for hydroxylation is 1. The van der Waals surface area contributed by atoms with Gasteiger partial charge in [0.2, 0.25) is 5.91 Å². The molecule has 2 aromatic heterocycles. The zero-order valence-electron chi connectivity index (χ0n) is 17.2. The summed E-state index contributed by atoms with van der Waals surface area (Å²) in [6, 6.07) is 1.94. The highest BCUT2D eigenvalue weighted by Gasteiger charge is 2.34. The molecule has 3 rings (SSSR count). The minimum atomic E-state index is -0.861. The van der Waals surface area contributed by atoms with Crippen LogP contribution in [0.3, 0.4) is 0 Å². The number of nitrogens with zero attached hydrogens (tertiary/aromatic N) is 7. The third-order valence-electron chi connectivity index (χ3n) is 5.82. The van der Waals surface area contributed by atoms with E-state index in [1.807, 2.05) is 27.8 Å². The van der Waals surface area contributed by atoms with Crippen LogP contribution in [0.25, 0.3) is 11.0 Å². The average Bonchev–Trinajstić information content (AvgIpc) is 3.08. The van der Waals surface area contributed by atoms with E-state index in [0.29, 0.717) is 0 Å². The number of anilines is 1. The molecule has 1 N–H and O–H groups in total. The highest BCUT2D eigenvalue weighted by Crippen LogP contribution is 2.24. The van der Waals surface area contributed by atoms with Gasteiger partial charge in [0.1, 0.15) is 17.7 Å². The van der Waals surface area contributed by atoms with E-state index in [-0.39, 0.29) is 17.9 Å². The van der Waals surface area contributed by atoms with E-state index in [9.17, 15) is 10.1 Å². The van der Waals surface area contributed by atoms with Gasteiger partial charge in [0.25, 0.3) is 0 Å².